The molecule has 1 aliphatic carbocycles. The number of amides is 2. The van der Waals surface area contributed by atoms with E-state index < -0.39 is 6.09 Å². The van der Waals surface area contributed by atoms with E-state index in [0.29, 0.717) is 24.2 Å². The maximum absolute atomic E-state index is 13.8. The van der Waals surface area contributed by atoms with Gasteiger partial charge in [-0.1, -0.05) is 30.4 Å². The van der Waals surface area contributed by atoms with Gasteiger partial charge < -0.3 is 20.1 Å². The number of benzene rings is 1. The molecule has 0 bridgehead atoms. The van der Waals surface area contributed by atoms with E-state index in [1.165, 1.54) is 17.4 Å². The van der Waals surface area contributed by atoms with Gasteiger partial charge in [0, 0.05) is 28.9 Å². The lowest BCUT2D eigenvalue weighted by atomic mass is 9.89. The van der Waals surface area contributed by atoms with Crippen molar-refractivity contribution >= 4 is 17.7 Å². The van der Waals surface area contributed by atoms with Crippen molar-refractivity contribution in [1.29, 1.82) is 0 Å². The minimum Gasteiger partial charge on any atom is -0.462 e. The van der Waals surface area contributed by atoms with Crippen LogP contribution >= 0.6 is 0 Å². The van der Waals surface area contributed by atoms with Gasteiger partial charge in [0.2, 0.25) is 0 Å². The number of ether oxygens (including phenoxy) is 2. The van der Waals surface area contributed by atoms with Crippen LogP contribution < -0.4 is 10.6 Å². The molecule has 0 fully saturated rings. The number of nitrogens with two attached hydrogens (primary N) is 1. The molecule has 2 unspecified atom stereocenters. The molecule has 162 valence electrons. The van der Waals surface area contributed by atoms with Gasteiger partial charge in [-0.3, -0.25) is 9.69 Å². The summed E-state index contributed by atoms with van der Waals surface area (Å²) in [5.74, 6) is 0.373. The molecule has 0 radical (unpaired) electrons. The van der Waals surface area contributed by atoms with Crippen LogP contribution in [0, 0.1) is 0 Å². The van der Waals surface area contributed by atoms with E-state index >= 15 is 0 Å². The lowest BCUT2D eigenvalue weighted by molar-refractivity contribution is -0.115. The molecule has 31 heavy (non-hydrogen) atoms. The summed E-state index contributed by atoms with van der Waals surface area (Å²) in [7, 11) is 0. The Labute approximate surface area is 182 Å². The van der Waals surface area contributed by atoms with Gasteiger partial charge in [0.25, 0.3) is 5.91 Å². The number of hydrogen-bond donors (Lipinski definition) is 1. The fourth-order valence-electron chi connectivity index (χ4n) is 4.25. The third kappa shape index (κ3) is 4.01. The van der Waals surface area contributed by atoms with E-state index in [-0.39, 0.29) is 24.6 Å². The predicted molar refractivity (Wildman–Crippen MR) is 118 cm³/mol. The highest BCUT2D eigenvalue weighted by atomic mass is 16.6. The Hall–Kier alpha value is -3.32. The predicted octanol–water partition coefficient (Wildman–Crippen LogP) is 4.26. The SMILES string of the molecule is CCOC(=O)N1C=COC(C2=C(C(=O)N3c4ccccc4C(N)CC3C)C=CCC2)=C1. The van der Waals surface area contributed by atoms with Crippen LogP contribution in [0.15, 0.2) is 72.0 Å². The van der Waals surface area contributed by atoms with Crippen LogP contribution in [0.3, 0.4) is 0 Å². The second-order valence-electron chi connectivity index (χ2n) is 7.76. The Bertz CT molecular complexity index is 1010. The monoisotopic (exact) mass is 421 g/mol. The van der Waals surface area contributed by atoms with Crippen LogP contribution in [0.2, 0.25) is 0 Å². The summed E-state index contributed by atoms with van der Waals surface area (Å²) < 4.78 is 10.8. The highest BCUT2D eigenvalue weighted by Crippen LogP contribution is 2.38. The van der Waals surface area contributed by atoms with Gasteiger partial charge in [-0.25, -0.2) is 4.79 Å². The van der Waals surface area contributed by atoms with Crippen LogP contribution in [-0.4, -0.2) is 29.5 Å². The molecule has 0 spiro atoms. The summed E-state index contributed by atoms with van der Waals surface area (Å²) in [5.41, 5.74) is 9.49. The first-order valence-corrected chi connectivity index (χ1v) is 10.6. The van der Waals surface area contributed by atoms with Crippen molar-refractivity contribution in [3.63, 3.8) is 0 Å². The van der Waals surface area contributed by atoms with Crippen molar-refractivity contribution in [3.05, 3.63) is 77.5 Å². The first-order chi connectivity index (χ1) is 15.0. The van der Waals surface area contributed by atoms with Crippen molar-refractivity contribution < 1.29 is 19.1 Å². The van der Waals surface area contributed by atoms with Crippen LogP contribution in [0.1, 0.15) is 44.7 Å². The van der Waals surface area contributed by atoms with Gasteiger partial charge >= 0.3 is 6.09 Å². The molecule has 3 aliphatic rings. The average molecular weight is 421 g/mol. The minimum atomic E-state index is -0.494. The van der Waals surface area contributed by atoms with Crippen molar-refractivity contribution in [2.75, 3.05) is 11.5 Å². The van der Waals surface area contributed by atoms with Crippen LogP contribution in [-0.2, 0) is 14.3 Å². The van der Waals surface area contributed by atoms with Gasteiger partial charge in [-0.2, -0.15) is 0 Å². The zero-order valence-corrected chi connectivity index (χ0v) is 17.8. The van der Waals surface area contributed by atoms with Gasteiger partial charge in [-0.15, -0.1) is 0 Å². The molecule has 2 N–H and O–H groups in total. The smallest absolute Gasteiger partial charge is 0.418 e. The van der Waals surface area contributed by atoms with Crippen molar-refractivity contribution in [2.24, 2.45) is 5.73 Å². The standard InChI is InChI=1S/C24H27N3O4/c1-3-30-24(29)26-12-13-31-22(15-26)17-8-4-5-9-18(17)23(28)27-16(2)14-20(25)19-10-6-7-11-21(19)27/h5-7,9-13,15-16,20H,3-4,8,14,25H2,1-2H3. The third-order valence-electron chi connectivity index (χ3n) is 5.70. The lowest BCUT2D eigenvalue weighted by Gasteiger charge is -2.39. The average Bonchev–Trinajstić information content (AvgIpc) is 2.79. The summed E-state index contributed by atoms with van der Waals surface area (Å²) in [4.78, 5) is 29.1. The maximum Gasteiger partial charge on any atom is 0.418 e. The summed E-state index contributed by atoms with van der Waals surface area (Å²) in [6.45, 7) is 4.04. The fourth-order valence-corrected chi connectivity index (χ4v) is 4.25. The zero-order valence-electron chi connectivity index (χ0n) is 17.8. The van der Waals surface area contributed by atoms with Gasteiger partial charge in [0.05, 0.1) is 19.0 Å². The molecule has 7 heteroatoms. The summed E-state index contributed by atoms with van der Waals surface area (Å²) >= 11 is 0. The number of nitrogens with zero attached hydrogens (tertiary/aromatic N) is 2. The normalized spacial score (nSPS) is 22.6. The number of fused-ring (bicyclic) bond motifs is 1. The topological polar surface area (TPSA) is 85.1 Å². The third-order valence-corrected chi connectivity index (χ3v) is 5.70. The number of carbonyl (C=O) groups excluding carboxylic acids is 2. The quantitative estimate of drug-likeness (QED) is 0.788. The van der Waals surface area contributed by atoms with Gasteiger partial charge in [0.1, 0.15) is 12.0 Å². The molecule has 0 saturated heterocycles. The number of hydrogen-bond acceptors (Lipinski definition) is 5. The van der Waals surface area contributed by atoms with Crippen LogP contribution in [0.25, 0.3) is 0 Å². The number of anilines is 1. The Morgan fingerprint density at radius 1 is 1.29 bits per heavy atom. The van der Waals surface area contributed by atoms with Crippen molar-refractivity contribution in [1.82, 2.24) is 4.90 Å². The first kappa shape index (κ1) is 20.9. The molecule has 0 aromatic heterocycles. The second-order valence-corrected chi connectivity index (χ2v) is 7.76. The number of rotatable bonds is 3. The van der Waals surface area contributed by atoms with Crippen molar-refractivity contribution in [2.45, 2.75) is 45.2 Å². The number of allylic oxidation sites excluding steroid dienone is 2. The largest absolute Gasteiger partial charge is 0.462 e. The number of para-hydroxylation sites is 1. The zero-order chi connectivity index (χ0) is 22.0. The van der Waals surface area contributed by atoms with E-state index in [4.69, 9.17) is 15.2 Å². The molecule has 7 nitrogen and oxygen atoms in total. The molecule has 2 atom stereocenters. The minimum absolute atomic E-state index is 0.0429. The molecule has 0 saturated carbocycles. The first-order valence-electron chi connectivity index (χ1n) is 10.6. The number of carbonyl (C=O) groups is 2. The Balaban J connectivity index is 1.72. The molecule has 1 aromatic carbocycles. The molecule has 2 heterocycles. The molecule has 1 aromatic rings. The molecule has 4 rings (SSSR count). The summed E-state index contributed by atoms with van der Waals surface area (Å²) in [6.07, 6.45) is 9.95. The second kappa shape index (κ2) is 8.81. The lowest BCUT2D eigenvalue weighted by Crippen LogP contribution is -2.45. The van der Waals surface area contributed by atoms with Crippen LogP contribution in [0.4, 0.5) is 10.5 Å². The fraction of sp³-hybridized carbons (Fsp3) is 0.333. The summed E-state index contributed by atoms with van der Waals surface area (Å²) in [5, 5.41) is 0. The van der Waals surface area contributed by atoms with Crippen molar-refractivity contribution in [3.8, 4) is 0 Å². The van der Waals surface area contributed by atoms with E-state index in [1.807, 2.05) is 48.2 Å². The molecular weight excluding hydrogens is 394 g/mol. The Morgan fingerprint density at radius 2 is 2.10 bits per heavy atom. The highest BCUT2D eigenvalue weighted by molar-refractivity contribution is 6.09. The molecule has 2 aliphatic heterocycles. The highest BCUT2D eigenvalue weighted by Gasteiger charge is 2.34. The van der Waals surface area contributed by atoms with E-state index in [2.05, 4.69) is 0 Å². The van der Waals surface area contributed by atoms with Gasteiger partial charge in [-0.05, 0) is 44.7 Å². The van der Waals surface area contributed by atoms with E-state index in [0.717, 1.165) is 23.2 Å². The Kier molecular flexibility index (Phi) is 5.95. The molecular formula is C24H27N3O4. The molecule has 2 amide bonds. The van der Waals surface area contributed by atoms with E-state index in [1.54, 1.807) is 13.1 Å². The van der Waals surface area contributed by atoms with Gasteiger partial charge in [0.15, 0.2) is 0 Å². The Morgan fingerprint density at radius 3 is 2.90 bits per heavy atom. The van der Waals surface area contributed by atoms with Crippen LogP contribution in [0.5, 0.6) is 0 Å². The van der Waals surface area contributed by atoms with E-state index in [9.17, 15) is 9.59 Å². The summed E-state index contributed by atoms with van der Waals surface area (Å²) in [6, 6.07) is 7.64. The maximum atomic E-state index is 13.8.